The molecule has 0 fully saturated rings. The van der Waals surface area contributed by atoms with E-state index < -0.39 is 5.91 Å². The molecule has 0 saturated carbocycles. The summed E-state index contributed by atoms with van der Waals surface area (Å²) in [4.78, 5) is 11.9. The van der Waals surface area contributed by atoms with Gasteiger partial charge in [0.1, 0.15) is 18.1 Å². The maximum absolute atomic E-state index is 11.9. The Morgan fingerprint density at radius 3 is 2.40 bits per heavy atom. The highest BCUT2D eigenvalue weighted by molar-refractivity contribution is 5.83. The zero-order valence-corrected chi connectivity index (χ0v) is 16.4. The van der Waals surface area contributed by atoms with E-state index in [9.17, 15) is 9.90 Å². The number of nitrogens with one attached hydrogen (secondary N) is 1. The maximum atomic E-state index is 11.9. The van der Waals surface area contributed by atoms with Crippen molar-refractivity contribution in [1.82, 2.24) is 5.43 Å². The first-order valence-electron chi connectivity index (χ1n) is 9.22. The van der Waals surface area contributed by atoms with E-state index in [0.717, 1.165) is 5.56 Å². The lowest BCUT2D eigenvalue weighted by atomic mass is 10.2. The van der Waals surface area contributed by atoms with Crippen LogP contribution in [0.5, 0.6) is 23.0 Å². The summed E-state index contributed by atoms with van der Waals surface area (Å²) in [5.74, 6) is 1.21. The Balaban J connectivity index is 1.42. The van der Waals surface area contributed by atoms with Crippen LogP contribution in [-0.2, 0) is 11.4 Å². The zero-order chi connectivity index (χ0) is 21.2. The first-order valence-corrected chi connectivity index (χ1v) is 9.22. The number of rotatable bonds is 9. The number of hydrogen-bond donors (Lipinski definition) is 2. The summed E-state index contributed by atoms with van der Waals surface area (Å²) >= 11 is 0. The molecular formula is C23H22N2O5. The van der Waals surface area contributed by atoms with Crippen molar-refractivity contribution in [3.05, 3.63) is 83.9 Å². The Kier molecular flexibility index (Phi) is 7.27. The number of benzene rings is 3. The summed E-state index contributed by atoms with van der Waals surface area (Å²) in [5.41, 5.74) is 4.13. The van der Waals surface area contributed by atoms with E-state index >= 15 is 0 Å². The van der Waals surface area contributed by atoms with Crippen LogP contribution in [-0.4, -0.2) is 30.9 Å². The van der Waals surface area contributed by atoms with E-state index in [2.05, 4.69) is 10.5 Å². The van der Waals surface area contributed by atoms with Crippen LogP contribution in [0.3, 0.4) is 0 Å². The molecule has 0 aliphatic heterocycles. The van der Waals surface area contributed by atoms with Crippen molar-refractivity contribution < 1.29 is 24.1 Å². The van der Waals surface area contributed by atoms with Crippen molar-refractivity contribution in [3.63, 3.8) is 0 Å². The van der Waals surface area contributed by atoms with Crippen LogP contribution in [0.1, 0.15) is 11.1 Å². The van der Waals surface area contributed by atoms with Gasteiger partial charge in [-0.2, -0.15) is 5.10 Å². The van der Waals surface area contributed by atoms with Crippen LogP contribution >= 0.6 is 0 Å². The highest BCUT2D eigenvalue weighted by Gasteiger charge is 2.04. The molecule has 0 aromatic heterocycles. The Labute approximate surface area is 174 Å². The van der Waals surface area contributed by atoms with Gasteiger partial charge in [0.2, 0.25) is 0 Å². The number of hydrogen-bond acceptors (Lipinski definition) is 6. The van der Waals surface area contributed by atoms with Gasteiger partial charge in [-0.3, -0.25) is 4.79 Å². The Hall–Kier alpha value is -4.00. The van der Waals surface area contributed by atoms with E-state index in [4.69, 9.17) is 14.2 Å². The number of carbonyl (C=O) groups is 1. The second kappa shape index (κ2) is 10.5. The van der Waals surface area contributed by atoms with Gasteiger partial charge in [-0.25, -0.2) is 5.43 Å². The SMILES string of the molecule is COc1cc(/C=N\NC(=O)COc2ccc(OCc3ccccc3)cc2)ccc1O. The molecule has 0 bridgehead atoms. The number of hydrazone groups is 1. The standard InChI is InChI=1S/C23H22N2O5/c1-28-22-13-18(7-12-21(22)26)14-24-25-23(27)16-30-20-10-8-19(9-11-20)29-15-17-5-3-2-4-6-17/h2-14,26H,15-16H2,1H3,(H,25,27)/b24-14-. The van der Waals surface area contributed by atoms with Crippen LogP contribution in [0, 0.1) is 0 Å². The molecule has 3 aromatic carbocycles. The molecule has 0 atom stereocenters. The third kappa shape index (κ3) is 6.27. The quantitative estimate of drug-likeness (QED) is 0.419. The Morgan fingerprint density at radius 1 is 1.00 bits per heavy atom. The molecule has 30 heavy (non-hydrogen) atoms. The Morgan fingerprint density at radius 2 is 1.70 bits per heavy atom. The second-order valence-electron chi connectivity index (χ2n) is 6.26. The van der Waals surface area contributed by atoms with Gasteiger partial charge in [0, 0.05) is 0 Å². The first-order chi connectivity index (χ1) is 14.6. The molecule has 0 unspecified atom stereocenters. The monoisotopic (exact) mass is 406 g/mol. The van der Waals surface area contributed by atoms with Crippen LogP contribution in [0.15, 0.2) is 77.9 Å². The van der Waals surface area contributed by atoms with E-state index in [1.54, 1.807) is 36.4 Å². The molecule has 0 aliphatic rings. The van der Waals surface area contributed by atoms with E-state index in [0.29, 0.717) is 29.4 Å². The number of methoxy groups -OCH3 is 1. The molecule has 1 amide bonds. The van der Waals surface area contributed by atoms with Gasteiger partial charge in [0.25, 0.3) is 5.91 Å². The number of carbonyl (C=O) groups excluding carboxylic acids is 1. The normalized spacial score (nSPS) is 10.6. The van der Waals surface area contributed by atoms with Crippen molar-refractivity contribution in [2.45, 2.75) is 6.61 Å². The molecule has 7 nitrogen and oxygen atoms in total. The van der Waals surface area contributed by atoms with Crippen LogP contribution in [0.25, 0.3) is 0 Å². The van der Waals surface area contributed by atoms with Gasteiger partial charge in [-0.05, 0) is 53.6 Å². The molecular weight excluding hydrogens is 384 g/mol. The van der Waals surface area contributed by atoms with Gasteiger partial charge < -0.3 is 19.3 Å². The molecule has 3 rings (SSSR count). The van der Waals surface area contributed by atoms with Crippen molar-refractivity contribution >= 4 is 12.1 Å². The van der Waals surface area contributed by atoms with Crippen molar-refractivity contribution in [3.8, 4) is 23.0 Å². The lowest BCUT2D eigenvalue weighted by Crippen LogP contribution is -2.24. The minimum Gasteiger partial charge on any atom is -0.504 e. The molecule has 0 aliphatic carbocycles. The van der Waals surface area contributed by atoms with Crippen molar-refractivity contribution in [1.29, 1.82) is 0 Å². The number of ether oxygens (including phenoxy) is 3. The maximum Gasteiger partial charge on any atom is 0.277 e. The fraction of sp³-hybridized carbons (Fsp3) is 0.130. The van der Waals surface area contributed by atoms with Crippen LogP contribution in [0.2, 0.25) is 0 Å². The average molecular weight is 406 g/mol. The smallest absolute Gasteiger partial charge is 0.277 e. The van der Waals surface area contributed by atoms with E-state index in [1.807, 2.05) is 30.3 Å². The fourth-order valence-electron chi connectivity index (χ4n) is 2.51. The predicted molar refractivity (Wildman–Crippen MR) is 113 cm³/mol. The first kappa shape index (κ1) is 20.7. The average Bonchev–Trinajstić information content (AvgIpc) is 2.79. The minimum atomic E-state index is -0.401. The fourth-order valence-corrected chi connectivity index (χ4v) is 2.51. The molecule has 7 heteroatoms. The second-order valence-corrected chi connectivity index (χ2v) is 6.26. The molecule has 154 valence electrons. The molecule has 2 N–H and O–H groups in total. The van der Waals surface area contributed by atoms with Gasteiger partial charge in [0.05, 0.1) is 13.3 Å². The summed E-state index contributed by atoms with van der Waals surface area (Å²) < 4.78 is 16.2. The summed E-state index contributed by atoms with van der Waals surface area (Å²) in [5, 5.41) is 13.4. The Bertz CT molecular complexity index is 988. The summed E-state index contributed by atoms with van der Waals surface area (Å²) in [6.07, 6.45) is 1.44. The highest BCUT2D eigenvalue weighted by atomic mass is 16.5. The van der Waals surface area contributed by atoms with Crippen LogP contribution in [0.4, 0.5) is 0 Å². The number of amides is 1. The number of phenolic OH excluding ortho intramolecular Hbond substituents is 1. The minimum absolute atomic E-state index is 0.0311. The number of phenols is 1. The third-order valence-corrected chi connectivity index (χ3v) is 4.05. The van der Waals surface area contributed by atoms with Gasteiger partial charge in [-0.15, -0.1) is 0 Å². The zero-order valence-electron chi connectivity index (χ0n) is 16.4. The predicted octanol–water partition coefficient (Wildman–Crippen LogP) is 3.51. The van der Waals surface area contributed by atoms with Gasteiger partial charge >= 0.3 is 0 Å². The lowest BCUT2D eigenvalue weighted by Gasteiger charge is -2.08. The molecule has 0 saturated heterocycles. The molecule has 0 heterocycles. The largest absolute Gasteiger partial charge is 0.504 e. The summed E-state index contributed by atoms with van der Waals surface area (Å²) in [7, 11) is 1.46. The highest BCUT2D eigenvalue weighted by Crippen LogP contribution is 2.25. The summed E-state index contributed by atoms with van der Waals surface area (Å²) in [6.45, 7) is 0.300. The third-order valence-electron chi connectivity index (χ3n) is 4.05. The van der Waals surface area contributed by atoms with Crippen LogP contribution < -0.4 is 19.6 Å². The molecule has 0 radical (unpaired) electrons. The topological polar surface area (TPSA) is 89.4 Å². The van der Waals surface area contributed by atoms with E-state index in [1.165, 1.54) is 19.4 Å². The number of aromatic hydroxyl groups is 1. The molecule has 0 spiro atoms. The van der Waals surface area contributed by atoms with Crippen molar-refractivity contribution in [2.24, 2.45) is 5.10 Å². The van der Waals surface area contributed by atoms with Crippen molar-refractivity contribution in [2.75, 3.05) is 13.7 Å². The number of nitrogens with zero attached hydrogens (tertiary/aromatic N) is 1. The van der Waals surface area contributed by atoms with Gasteiger partial charge in [0.15, 0.2) is 18.1 Å². The van der Waals surface area contributed by atoms with E-state index in [-0.39, 0.29) is 12.4 Å². The van der Waals surface area contributed by atoms with Gasteiger partial charge in [-0.1, -0.05) is 30.3 Å². The lowest BCUT2D eigenvalue weighted by molar-refractivity contribution is -0.123. The molecule has 3 aromatic rings. The summed E-state index contributed by atoms with van der Waals surface area (Å²) in [6, 6.07) is 21.7.